The van der Waals surface area contributed by atoms with Crippen molar-refractivity contribution < 1.29 is 0 Å². The average molecular weight is 301 g/mol. The Kier molecular flexibility index (Phi) is 4.56. The van der Waals surface area contributed by atoms with E-state index >= 15 is 0 Å². The third-order valence-corrected chi connectivity index (χ3v) is 4.67. The van der Waals surface area contributed by atoms with Gasteiger partial charge in [0, 0.05) is 35.4 Å². The van der Waals surface area contributed by atoms with Gasteiger partial charge in [0.1, 0.15) is 0 Å². The molecule has 112 valence electrons. The van der Waals surface area contributed by atoms with Crippen LogP contribution in [0.3, 0.4) is 0 Å². The van der Waals surface area contributed by atoms with Crippen molar-refractivity contribution in [2.45, 2.75) is 51.9 Å². The van der Waals surface area contributed by atoms with Gasteiger partial charge in [-0.3, -0.25) is 4.98 Å². The van der Waals surface area contributed by atoms with Crippen LogP contribution in [0.5, 0.6) is 0 Å². The summed E-state index contributed by atoms with van der Waals surface area (Å²) in [6.45, 7) is 6.34. The van der Waals surface area contributed by atoms with Gasteiger partial charge in [-0.25, -0.2) is 0 Å². The van der Waals surface area contributed by atoms with Gasteiger partial charge in [-0.05, 0) is 50.3 Å². The van der Waals surface area contributed by atoms with Gasteiger partial charge in [0.05, 0.1) is 12.2 Å². The molecule has 3 rings (SSSR count). The van der Waals surface area contributed by atoms with E-state index in [4.69, 9.17) is 0 Å². The highest BCUT2D eigenvalue weighted by Crippen LogP contribution is 2.23. The van der Waals surface area contributed by atoms with Crippen molar-refractivity contribution >= 4 is 17.0 Å². The Morgan fingerprint density at radius 2 is 2.24 bits per heavy atom. The smallest absolute Gasteiger partial charge is 0.0562 e. The molecule has 2 aromatic rings. The lowest BCUT2D eigenvalue weighted by Gasteiger charge is -2.28. The van der Waals surface area contributed by atoms with Gasteiger partial charge >= 0.3 is 0 Å². The van der Waals surface area contributed by atoms with Gasteiger partial charge in [-0.2, -0.15) is 0 Å². The van der Waals surface area contributed by atoms with E-state index in [9.17, 15) is 0 Å². The van der Waals surface area contributed by atoms with Crippen LogP contribution in [0.4, 0.5) is 5.69 Å². The molecule has 1 fully saturated rings. The monoisotopic (exact) mass is 301 g/mol. The number of hydrogen-bond donors (Lipinski definition) is 1. The molecule has 0 bridgehead atoms. The van der Waals surface area contributed by atoms with Crippen molar-refractivity contribution in [2.24, 2.45) is 0 Å². The lowest BCUT2D eigenvalue weighted by molar-refractivity contribution is 0.666. The summed E-state index contributed by atoms with van der Waals surface area (Å²) in [5.74, 6) is 0. The van der Waals surface area contributed by atoms with Crippen molar-refractivity contribution in [1.29, 1.82) is 0 Å². The number of anilines is 1. The zero-order valence-corrected chi connectivity index (χ0v) is 13.6. The number of nitrogens with one attached hydrogen (secondary N) is 1. The highest BCUT2D eigenvalue weighted by molar-refractivity contribution is 7.09. The second-order valence-electron chi connectivity index (χ2n) is 5.96. The minimum atomic E-state index is 0.471. The summed E-state index contributed by atoms with van der Waals surface area (Å²) in [6, 6.07) is 9.87. The van der Waals surface area contributed by atoms with E-state index in [0.717, 1.165) is 24.8 Å². The van der Waals surface area contributed by atoms with Crippen molar-refractivity contribution in [1.82, 2.24) is 10.3 Å². The lowest BCUT2D eigenvalue weighted by atomic mass is 10.2. The summed E-state index contributed by atoms with van der Waals surface area (Å²) < 4.78 is 0. The van der Waals surface area contributed by atoms with E-state index in [0.29, 0.717) is 6.04 Å². The van der Waals surface area contributed by atoms with E-state index in [-0.39, 0.29) is 0 Å². The first-order valence-corrected chi connectivity index (χ1v) is 8.57. The number of pyridine rings is 1. The van der Waals surface area contributed by atoms with Crippen molar-refractivity contribution in [3.63, 3.8) is 0 Å². The molecule has 0 aliphatic heterocycles. The van der Waals surface area contributed by atoms with E-state index in [1.165, 1.54) is 23.4 Å². The fraction of sp³-hybridized carbons (Fsp3) is 0.471. The van der Waals surface area contributed by atoms with E-state index < -0.39 is 0 Å². The van der Waals surface area contributed by atoms with Gasteiger partial charge in [-0.1, -0.05) is 6.07 Å². The average Bonchev–Trinajstić information content (AvgIpc) is 3.17. The zero-order chi connectivity index (χ0) is 14.7. The maximum absolute atomic E-state index is 4.49. The predicted octanol–water partition coefficient (Wildman–Crippen LogP) is 3.81. The van der Waals surface area contributed by atoms with Gasteiger partial charge in [-0.15, -0.1) is 11.3 Å². The molecule has 1 N–H and O–H groups in total. The third-order valence-electron chi connectivity index (χ3n) is 3.81. The Labute approximate surface area is 131 Å². The number of aromatic nitrogens is 1. The highest BCUT2D eigenvalue weighted by atomic mass is 32.1. The second-order valence-corrected chi connectivity index (χ2v) is 6.99. The molecule has 1 saturated carbocycles. The molecule has 1 aliphatic rings. The van der Waals surface area contributed by atoms with Gasteiger partial charge in [0.2, 0.25) is 0 Å². The standard InChI is InChI=1S/C17H23N3S/c1-13(2)20(12-17-4-3-9-21-17)16-7-8-18-15(10-16)11-19-14-5-6-14/h3-4,7-10,13-14,19H,5-6,11-12H2,1-2H3. The molecular weight excluding hydrogens is 278 g/mol. The van der Waals surface area contributed by atoms with Crippen LogP contribution in [0.15, 0.2) is 35.8 Å². The number of hydrogen-bond acceptors (Lipinski definition) is 4. The maximum atomic E-state index is 4.49. The minimum absolute atomic E-state index is 0.471. The number of rotatable bonds is 7. The predicted molar refractivity (Wildman–Crippen MR) is 89.7 cm³/mol. The minimum Gasteiger partial charge on any atom is -0.364 e. The van der Waals surface area contributed by atoms with Crippen molar-refractivity contribution in [2.75, 3.05) is 4.90 Å². The lowest BCUT2D eigenvalue weighted by Crippen LogP contribution is -2.30. The molecule has 3 nitrogen and oxygen atoms in total. The van der Waals surface area contributed by atoms with Gasteiger partial charge < -0.3 is 10.2 Å². The van der Waals surface area contributed by atoms with Gasteiger partial charge in [0.15, 0.2) is 0 Å². The SMILES string of the molecule is CC(C)N(Cc1cccs1)c1ccnc(CNC2CC2)c1. The van der Waals surface area contributed by atoms with Crippen LogP contribution in [0.2, 0.25) is 0 Å². The normalized spacial score (nSPS) is 14.6. The summed E-state index contributed by atoms with van der Waals surface area (Å²) in [4.78, 5) is 8.33. The first-order valence-electron chi connectivity index (χ1n) is 7.69. The molecule has 0 spiro atoms. The number of thiophene rings is 1. The van der Waals surface area contributed by atoms with Crippen LogP contribution in [0.1, 0.15) is 37.3 Å². The Morgan fingerprint density at radius 3 is 2.90 bits per heavy atom. The van der Waals surface area contributed by atoms with Crippen LogP contribution < -0.4 is 10.2 Å². The molecule has 0 saturated heterocycles. The molecular formula is C17H23N3S. The van der Waals surface area contributed by atoms with E-state index in [1.807, 2.05) is 17.5 Å². The Morgan fingerprint density at radius 1 is 1.38 bits per heavy atom. The first kappa shape index (κ1) is 14.5. The Bertz CT molecular complexity index is 561. The molecule has 0 radical (unpaired) electrons. The van der Waals surface area contributed by atoms with Crippen LogP contribution in [-0.2, 0) is 13.1 Å². The van der Waals surface area contributed by atoms with Crippen LogP contribution in [0.25, 0.3) is 0 Å². The number of nitrogens with zero attached hydrogens (tertiary/aromatic N) is 2. The van der Waals surface area contributed by atoms with E-state index in [2.05, 4.69) is 58.7 Å². The topological polar surface area (TPSA) is 28.2 Å². The Balaban J connectivity index is 1.72. The quantitative estimate of drug-likeness (QED) is 0.843. The summed E-state index contributed by atoms with van der Waals surface area (Å²) in [6.07, 6.45) is 4.56. The molecule has 0 atom stereocenters. The third kappa shape index (κ3) is 4.05. The maximum Gasteiger partial charge on any atom is 0.0562 e. The van der Waals surface area contributed by atoms with Crippen LogP contribution >= 0.6 is 11.3 Å². The molecule has 0 aromatic carbocycles. The Hall–Kier alpha value is -1.39. The van der Waals surface area contributed by atoms with Crippen molar-refractivity contribution in [3.05, 3.63) is 46.4 Å². The molecule has 21 heavy (non-hydrogen) atoms. The molecule has 2 heterocycles. The fourth-order valence-electron chi connectivity index (χ4n) is 2.42. The molecule has 2 aromatic heterocycles. The summed E-state index contributed by atoms with van der Waals surface area (Å²) in [5, 5.41) is 5.68. The summed E-state index contributed by atoms with van der Waals surface area (Å²) in [7, 11) is 0. The summed E-state index contributed by atoms with van der Waals surface area (Å²) >= 11 is 1.82. The molecule has 1 aliphatic carbocycles. The molecule has 0 amide bonds. The van der Waals surface area contributed by atoms with Crippen LogP contribution in [0, 0.1) is 0 Å². The van der Waals surface area contributed by atoms with Crippen molar-refractivity contribution in [3.8, 4) is 0 Å². The molecule has 0 unspecified atom stereocenters. The van der Waals surface area contributed by atoms with Gasteiger partial charge in [0.25, 0.3) is 0 Å². The zero-order valence-electron chi connectivity index (χ0n) is 12.7. The highest BCUT2D eigenvalue weighted by Gasteiger charge is 2.20. The molecule has 4 heteroatoms. The largest absolute Gasteiger partial charge is 0.364 e. The second kappa shape index (κ2) is 6.58. The fourth-order valence-corrected chi connectivity index (χ4v) is 3.12. The summed E-state index contributed by atoms with van der Waals surface area (Å²) in [5.41, 5.74) is 2.40. The first-order chi connectivity index (χ1) is 10.2. The van der Waals surface area contributed by atoms with Crippen LogP contribution in [-0.4, -0.2) is 17.1 Å². The van der Waals surface area contributed by atoms with E-state index in [1.54, 1.807) is 0 Å².